The average Bonchev–Trinajstić information content (AvgIpc) is 3.42. The molecule has 2 aliphatic rings. The summed E-state index contributed by atoms with van der Waals surface area (Å²) in [6, 6.07) is 18.4. The first-order valence-corrected chi connectivity index (χ1v) is 11.9. The highest BCUT2D eigenvalue weighted by molar-refractivity contribution is 8.18. The molecule has 7 nitrogen and oxygen atoms in total. The molecule has 3 aromatic carbocycles. The molecule has 2 aliphatic heterocycles. The topological polar surface area (TPSA) is 74.3 Å². The van der Waals surface area contributed by atoms with Crippen molar-refractivity contribution in [2.75, 3.05) is 13.9 Å². The maximum absolute atomic E-state index is 13.2. The van der Waals surface area contributed by atoms with Crippen LogP contribution in [0.3, 0.4) is 0 Å². The minimum absolute atomic E-state index is 0.0208. The van der Waals surface area contributed by atoms with E-state index in [1.54, 1.807) is 37.5 Å². The van der Waals surface area contributed by atoms with Gasteiger partial charge in [0.1, 0.15) is 6.61 Å². The van der Waals surface area contributed by atoms with E-state index in [0.717, 1.165) is 22.2 Å². The van der Waals surface area contributed by atoms with Gasteiger partial charge in [0.25, 0.3) is 11.1 Å². The third kappa shape index (κ3) is 4.80. The summed E-state index contributed by atoms with van der Waals surface area (Å²) in [5.74, 6) is 1.67. The van der Waals surface area contributed by atoms with E-state index in [4.69, 9.17) is 30.5 Å². The average molecular weight is 510 g/mol. The van der Waals surface area contributed by atoms with Crippen molar-refractivity contribution < 1.29 is 28.5 Å². The van der Waals surface area contributed by atoms with Gasteiger partial charge in [-0.15, -0.1) is 0 Å². The number of hydrogen-bond donors (Lipinski definition) is 0. The lowest BCUT2D eigenvalue weighted by atomic mass is 10.1. The Morgan fingerprint density at radius 1 is 1.06 bits per heavy atom. The zero-order chi connectivity index (χ0) is 24.4. The van der Waals surface area contributed by atoms with Crippen LogP contribution in [0.4, 0.5) is 4.79 Å². The molecule has 35 heavy (non-hydrogen) atoms. The van der Waals surface area contributed by atoms with Crippen molar-refractivity contribution in [1.29, 1.82) is 0 Å². The predicted octanol–water partition coefficient (Wildman–Crippen LogP) is 5.89. The molecule has 9 heteroatoms. The van der Waals surface area contributed by atoms with Crippen LogP contribution in [0.2, 0.25) is 5.02 Å². The van der Waals surface area contributed by atoms with E-state index in [9.17, 15) is 9.59 Å². The molecule has 178 valence electrons. The lowest BCUT2D eigenvalue weighted by Gasteiger charge is -2.15. The molecule has 0 atom stereocenters. The zero-order valence-corrected chi connectivity index (χ0v) is 20.2. The van der Waals surface area contributed by atoms with Crippen molar-refractivity contribution in [2.24, 2.45) is 0 Å². The second-order valence-corrected chi connectivity index (χ2v) is 9.12. The number of ether oxygens (including phenoxy) is 4. The quantitative estimate of drug-likeness (QED) is 0.367. The van der Waals surface area contributed by atoms with Gasteiger partial charge in [0.2, 0.25) is 6.79 Å². The number of nitrogens with zero attached hydrogens (tertiary/aromatic N) is 1. The van der Waals surface area contributed by atoms with Crippen molar-refractivity contribution in [2.45, 2.75) is 13.2 Å². The van der Waals surface area contributed by atoms with Crippen LogP contribution in [0.5, 0.6) is 23.0 Å². The number of fused-ring (bicyclic) bond motifs is 1. The summed E-state index contributed by atoms with van der Waals surface area (Å²) in [4.78, 5) is 27.3. The van der Waals surface area contributed by atoms with Gasteiger partial charge in [0.05, 0.1) is 18.6 Å². The molecule has 2 heterocycles. The minimum Gasteiger partial charge on any atom is -0.493 e. The van der Waals surface area contributed by atoms with E-state index >= 15 is 0 Å². The highest BCUT2D eigenvalue weighted by atomic mass is 35.5. The molecule has 2 amide bonds. The van der Waals surface area contributed by atoms with Crippen LogP contribution in [0.1, 0.15) is 16.7 Å². The largest absolute Gasteiger partial charge is 0.493 e. The highest BCUT2D eigenvalue weighted by Gasteiger charge is 2.36. The number of rotatable bonds is 7. The van der Waals surface area contributed by atoms with Crippen molar-refractivity contribution in [1.82, 2.24) is 4.90 Å². The molecular formula is C26H20ClNO6S. The van der Waals surface area contributed by atoms with Gasteiger partial charge < -0.3 is 18.9 Å². The summed E-state index contributed by atoms with van der Waals surface area (Å²) in [6.07, 6.45) is 1.65. The normalized spacial score (nSPS) is 15.7. The molecule has 0 bridgehead atoms. The molecule has 5 rings (SSSR count). The number of thioether (sulfide) groups is 1. The molecule has 0 N–H and O–H groups in total. The molecule has 0 spiro atoms. The molecule has 0 aliphatic carbocycles. The van der Waals surface area contributed by atoms with Gasteiger partial charge in [0.15, 0.2) is 23.0 Å². The summed E-state index contributed by atoms with van der Waals surface area (Å²) in [5, 5.41) is 0.00584. The number of carbonyl (C=O) groups excluding carboxylic acids is 2. The van der Waals surface area contributed by atoms with Gasteiger partial charge in [-0.2, -0.15) is 0 Å². The molecule has 3 aromatic rings. The molecule has 1 fully saturated rings. The Labute approximate surface area is 211 Å². The van der Waals surface area contributed by atoms with Gasteiger partial charge in [-0.3, -0.25) is 14.5 Å². The zero-order valence-electron chi connectivity index (χ0n) is 18.7. The van der Waals surface area contributed by atoms with E-state index in [-0.39, 0.29) is 23.5 Å². The van der Waals surface area contributed by atoms with Crippen LogP contribution in [0.15, 0.2) is 65.6 Å². The number of benzene rings is 3. The van der Waals surface area contributed by atoms with E-state index < -0.39 is 5.91 Å². The second-order valence-electron chi connectivity index (χ2n) is 7.72. The Bertz CT molecular complexity index is 1330. The monoisotopic (exact) mass is 509 g/mol. The van der Waals surface area contributed by atoms with Crippen molar-refractivity contribution >= 4 is 40.6 Å². The first kappa shape index (κ1) is 23.1. The highest BCUT2D eigenvalue weighted by Crippen LogP contribution is 2.41. The van der Waals surface area contributed by atoms with Crippen LogP contribution in [-0.2, 0) is 17.9 Å². The van der Waals surface area contributed by atoms with E-state index in [1.165, 1.54) is 0 Å². The third-order valence-corrected chi connectivity index (χ3v) is 6.74. The van der Waals surface area contributed by atoms with Gasteiger partial charge >= 0.3 is 0 Å². The number of para-hydroxylation sites is 1. The van der Waals surface area contributed by atoms with Crippen LogP contribution in [0.25, 0.3) is 6.08 Å². The lowest BCUT2D eigenvalue weighted by Crippen LogP contribution is -2.27. The smallest absolute Gasteiger partial charge is 0.293 e. The number of halogens is 1. The standard InChI is InChI=1S/C26H20ClNO6S/c1-31-20-9-5-8-17(24(20)32-14-16-6-3-2-4-7-16)11-23-25(29)28(26(30)35-23)13-18-10-21-22(12-19(18)27)34-15-33-21/h2-12H,13-15H2,1H3/b23-11-. The molecule has 0 aromatic heterocycles. The first-order valence-electron chi connectivity index (χ1n) is 10.7. The Kier molecular flexibility index (Phi) is 6.57. The molecule has 0 saturated carbocycles. The molecular weight excluding hydrogens is 490 g/mol. The fraction of sp³-hybridized carbons (Fsp3) is 0.154. The van der Waals surface area contributed by atoms with Crippen LogP contribution in [0, 0.1) is 0 Å². The van der Waals surface area contributed by atoms with Gasteiger partial charge in [-0.25, -0.2) is 0 Å². The maximum atomic E-state index is 13.2. The lowest BCUT2D eigenvalue weighted by molar-refractivity contribution is -0.123. The number of amides is 2. The maximum Gasteiger partial charge on any atom is 0.293 e. The fourth-order valence-corrected chi connectivity index (χ4v) is 4.76. The minimum atomic E-state index is -0.412. The van der Waals surface area contributed by atoms with E-state index in [2.05, 4.69) is 0 Å². The van der Waals surface area contributed by atoms with Gasteiger partial charge in [-0.1, -0.05) is 54.1 Å². The van der Waals surface area contributed by atoms with Crippen molar-refractivity contribution in [3.63, 3.8) is 0 Å². The van der Waals surface area contributed by atoms with Crippen molar-refractivity contribution in [3.8, 4) is 23.0 Å². The Morgan fingerprint density at radius 3 is 2.60 bits per heavy atom. The first-order chi connectivity index (χ1) is 17.0. The number of hydrogen-bond acceptors (Lipinski definition) is 7. The number of carbonyl (C=O) groups is 2. The van der Waals surface area contributed by atoms with E-state index in [0.29, 0.717) is 45.8 Å². The fourth-order valence-electron chi connectivity index (χ4n) is 3.72. The molecule has 0 radical (unpaired) electrons. The summed E-state index contributed by atoms with van der Waals surface area (Å²) in [7, 11) is 1.55. The Hall–Kier alpha value is -3.62. The molecule has 0 unspecified atom stereocenters. The van der Waals surface area contributed by atoms with Gasteiger partial charge in [-0.05, 0) is 41.1 Å². The van der Waals surface area contributed by atoms with Crippen LogP contribution in [-0.4, -0.2) is 29.9 Å². The van der Waals surface area contributed by atoms with Crippen LogP contribution < -0.4 is 18.9 Å². The third-order valence-electron chi connectivity index (χ3n) is 5.49. The number of imide groups is 1. The van der Waals surface area contributed by atoms with Crippen molar-refractivity contribution in [3.05, 3.63) is 87.3 Å². The SMILES string of the molecule is COc1cccc(/C=C2\SC(=O)N(Cc3cc4c(cc3Cl)OCO4)C2=O)c1OCc1ccccc1. The summed E-state index contributed by atoms with van der Waals surface area (Å²) >= 11 is 7.22. The van der Waals surface area contributed by atoms with Gasteiger partial charge in [0, 0.05) is 16.7 Å². The molecule has 1 saturated heterocycles. The van der Waals surface area contributed by atoms with E-state index in [1.807, 2.05) is 36.4 Å². The second kappa shape index (κ2) is 9.93. The summed E-state index contributed by atoms with van der Waals surface area (Å²) in [6.45, 7) is 0.452. The summed E-state index contributed by atoms with van der Waals surface area (Å²) in [5.41, 5.74) is 2.21. The summed E-state index contributed by atoms with van der Waals surface area (Å²) < 4.78 is 22.3. The predicted molar refractivity (Wildman–Crippen MR) is 133 cm³/mol. The van der Waals surface area contributed by atoms with Crippen LogP contribution >= 0.6 is 23.4 Å². The Morgan fingerprint density at radius 2 is 1.83 bits per heavy atom. The Balaban J connectivity index is 1.39. The number of methoxy groups -OCH3 is 1.